The highest BCUT2D eigenvalue weighted by molar-refractivity contribution is 5.47. The van der Waals surface area contributed by atoms with Gasteiger partial charge in [-0.1, -0.05) is 0 Å². The predicted octanol–water partition coefficient (Wildman–Crippen LogP) is 1.85. The summed E-state index contributed by atoms with van der Waals surface area (Å²) in [5.41, 5.74) is 1.25. The van der Waals surface area contributed by atoms with Crippen LogP contribution in [0.2, 0.25) is 0 Å². The first-order chi connectivity index (χ1) is 11.2. The van der Waals surface area contributed by atoms with Crippen molar-refractivity contribution in [1.29, 1.82) is 0 Å². The second-order valence-electron chi connectivity index (χ2n) is 5.38. The highest BCUT2D eigenvalue weighted by Gasteiger charge is 2.27. The highest BCUT2D eigenvalue weighted by atomic mass is 19.3. The molecule has 0 aromatic carbocycles. The number of nitrogens with zero attached hydrogens (tertiary/aromatic N) is 7. The maximum atomic E-state index is 12.9. The number of hydrogen-bond acceptors (Lipinski definition) is 6. The zero-order chi connectivity index (χ0) is 15.8. The Morgan fingerprint density at radius 1 is 1.17 bits per heavy atom. The molecule has 7 nitrogen and oxygen atoms in total. The largest absolute Gasteiger partial charge is 0.354 e. The molecule has 0 bridgehead atoms. The van der Waals surface area contributed by atoms with Crippen molar-refractivity contribution in [3.8, 4) is 0 Å². The number of halogens is 2. The lowest BCUT2D eigenvalue weighted by Crippen LogP contribution is -2.21. The van der Waals surface area contributed by atoms with E-state index in [4.69, 9.17) is 0 Å². The molecule has 0 spiro atoms. The Morgan fingerprint density at radius 3 is 2.87 bits per heavy atom. The third kappa shape index (κ3) is 2.47. The van der Waals surface area contributed by atoms with Crippen LogP contribution in [0.3, 0.4) is 0 Å². The maximum absolute atomic E-state index is 12.9. The van der Waals surface area contributed by atoms with Crippen LogP contribution in [0.15, 0.2) is 30.7 Å². The van der Waals surface area contributed by atoms with Crippen molar-refractivity contribution < 1.29 is 8.78 Å². The molecule has 23 heavy (non-hydrogen) atoms. The van der Waals surface area contributed by atoms with Crippen molar-refractivity contribution in [1.82, 2.24) is 29.8 Å². The molecule has 1 saturated heterocycles. The summed E-state index contributed by atoms with van der Waals surface area (Å²) in [6.07, 6.45) is 3.29. The average molecular weight is 317 g/mol. The van der Waals surface area contributed by atoms with Crippen LogP contribution < -0.4 is 4.90 Å². The number of rotatable bonds is 3. The Balaban J connectivity index is 1.61. The molecule has 1 aliphatic rings. The minimum atomic E-state index is -2.71. The topological polar surface area (TPSA) is 72.1 Å². The molecular formula is C14H13F2N7. The van der Waals surface area contributed by atoms with Gasteiger partial charge in [-0.3, -0.25) is 9.97 Å². The molecule has 4 heterocycles. The first-order valence-electron chi connectivity index (χ1n) is 7.24. The van der Waals surface area contributed by atoms with Gasteiger partial charge in [0, 0.05) is 37.6 Å². The van der Waals surface area contributed by atoms with Crippen LogP contribution in [-0.4, -0.2) is 42.9 Å². The standard InChI is InChI=1S/C14H13F2N7/c15-13(16)14-20-19-11-1-2-12(21-23(11)14)22-6-3-9(8-22)10-7-17-4-5-18-10/h1-2,4-5,7,9,13H,3,6,8H2. The lowest BCUT2D eigenvalue weighted by molar-refractivity contribution is 0.137. The Labute approximate surface area is 130 Å². The monoisotopic (exact) mass is 317 g/mol. The molecule has 0 N–H and O–H groups in total. The molecule has 3 aromatic heterocycles. The van der Waals surface area contributed by atoms with E-state index in [1.165, 1.54) is 0 Å². The van der Waals surface area contributed by atoms with Crippen molar-refractivity contribution in [3.05, 3.63) is 42.2 Å². The van der Waals surface area contributed by atoms with E-state index in [-0.39, 0.29) is 5.92 Å². The minimum absolute atomic E-state index is 0.261. The van der Waals surface area contributed by atoms with Crippen molar-refractivity contribution in [2.45, 2.75) is 18.8 Å². The summed E-state index contributed by atoms with van der Waals surface area (Å²) in [7, 11) is 0. The van der Waals surface area contributed by atoms with Gasteiger partial charge in [-0.05, 0) is 18.6 Å². The Bertz CT molecular complexity index is 820. The number of hydrogen-bond donors (Lipinski definition) is 0. The summed E-state index contributed by atoms with van der Waals surface area (Å²) in [6.45, 7) is 1.51. The fourth-order valence-electron chi connectivity index (χ4n) is 2.83. The molecule has 9 heteroatoms. The second-order valence-corrected chi connectivity index (χ2v) is 5.38. The van der Waals surface area contributed by atoms with Gasteiger partial charge in [0.05, 0.1) is 5.69 Å². The lowest BCUT2D eigenvalue weighted by Gasteiger charge is -2.17. The summed E-state index contributed by atoms with van der Waals surface area (Å²) in [4.78, 5) is 10.5. The third-order valence-corrected chi connectivity index (χ3v) is 3.98. The zero-order valence-electron chi connectivity index (χ0n) is 12.0. The predicted molar refractivity (Wildman–Crippen MR) is 77.3 cm³/mol. The van der Waals surface area contributed by atoms with E-state index in [1.54, 1.807) is 30.7 Å². The van der Waals surface area contributed by atoms with Gasteiger partial charge < -0.3 is 4.90 Å². The van der Waals surface area contributed by atoms with Gasteiger partial charge >= 0.3 is 0 Å². The average Bonchev–Trinajstić information content (AvgIpc) is 3.22. The SMILES string of the molecule is FC(F)c1nnc2ccc(N3CCC(c4cnccn4)C3)nn12. The van der Waals surface area contributed by atoms with Crippen LogP contribution in [0.1, 0.15) is 30.3 Å². The van der Waals surface area contributed by atoms with Crippen LogP contribution in [0, 0.1) is 0 Å². The molecule has 3 aromatic rings. The molecule has 118 valence electrons. The smallest absolute Gasteiger partial charge is 0.299 e. The van der Waals surface area contributed by atoms with Gasteiger partial charge in [0.25, 0.3) is 6.43 Å². The van der Waals surface area contributed by atoms with E-state index in [0.29, 0.717) is 11.5 Å². The first-order valence-corrected chi connectivity index (χ1v) is 7.24. The molecule has 0 radical (unpaired) electrons. The van der Waals surface area contributed by atoms with Gasteiger partial charge in [-0.25, -0.2) is 8.78 Å². The van der Waals surface area contributed by atoms with Crippen LogP contribution >= 0.6 is 0 Å². The molecule has 1 unspecified atom stereocenters. The van der Waals surface area contributed by atoms with Crippen molar-refractivity contribution >= 4 is 11.5 Å². The van der Waals surface area contributed by atoms with Crippen LogP contribution in [0.5, 0.6) is 0 Å². The third-order valence-electron chi connectivity index (χ3n) is 3.98. The van der Waals surface area contributed by atoms with Gasteiger partial charge in [-0.2, -0.15) is 4.52 Å². The highest BCUT2D eigenvalue weighted by Crippen LogP contribution is 2.28. The Kier molecular flexibility index (Phi) is 3.32. The minimum Gasteiger partial charge on any atom is -0.354 e. The quantitative estimate of drug-likeness (QED) is 0.734. The van der Waals surface area contributed by atoms with Crippen molar-refractivity contribution in [2.24, 2.45) is 0 Å². The molecular weight excluding hydrogens is 304 g/mol. The summed E-state index contributed by atoms with van der Waals surface area (Å²) < 4.78 is 27.0. The zero-order valence-corrected chi connectivity index (χ0v) is 12.0. The molecule has 0 amide bonds. The number of fused-ring (bicyclic) bond motifs is 1. The summed E-state index contributed by atoms with van der Waals surface area (Å²) in [6, 6.07) is 3.43. The van der Waals surface area contributed by atoms with Gasteiger partial charge in [0.1, 0.15) is 5.82 Å². The molecule has 1 fully saturated rings. The van der Waals surface area contributed by atoms with Crippen LogP contribution in [-0.2, 0) is 0 Å². The summed E-state index contributed by atoms with van der Waals surface area (Å²) in [5.74, 6) is 0.453. The van der Waals surface area contributed by atoms with Crippen LogP contribution in [0.4, 0.5) is 14.6 Å². The molecule has 4 rings (SSSR count). The van der Waals surface area contributed by atoms with Crippen molar-refractivity contribution in [2.75, 3.05) is 18.0 Å². The van der Waals surface area contributed by atoms with E-state index in [9.17, 15) is 8.78 Å². The van der Waals surface area contributed by atoms with Gasteiger partial charge in [0.15, 0.2) is 5.65 Å². The molecule has 0 saturated carbocycles. The Morgan fingerprint density at radius 2 is 2.09 bits per heavy atom. The van der Waals surface area contributed by atoms with E-state index in [0.717, 1.165) is 29.7 Å². The maximum Gasteiger partial charge on any atom is 0.299 e. The first kappa shape index (κ1) is 13.9. The lowest BCUT2D eigenvalue weighted by atomic mass is 10.1. The summed E-state index contributed by atoms with van der Waals surface area (Å²) in [5, 5.41) is 11.5. The number of aromatic nitrogens is 6. The molecule has 1 aliphatic heterocycles. The fraction of sp³-hybridized carbons (Fsp3) is 0.357. The van der Waals surface area contributed by atoms with E-state index >= 15 is 0 Å². The second kappa shape index (κ2) is 5.49. The fourth-order valence-corrected chi connectivity index (χ4v) is 2.83. The number of anilines is 1. The summed E-state index contributed by atoms with van der Waals surface area (Å²) >= 11 is 0. The molecule has 1 atom stereocenters. The Hall–Kier alpha value is -2.71. The molecule has 0 aliphatic carbocycles. The van der Waals surface area contributed by atoms with Gasteiger partial charge in [0.2, 0.25) is 5.82 Å². The van der Waals surface area contributed by atoms with E-state index < -0.39 is 12.2 Å². The van der Waals surface area contributed by atoms with E-state index in [2.05, 4.69) is 25.3 Å². The number of alkyl halides is 2. The van der Waals surface area contributed by atoms with Crippen molar-refractivity contribution in [3.63, 3.8) is 0 Å². The van der Waals surface area contributed by atoms with Crippen LogP contribution in [0.25, 0.3) is 5.65 Å². The van der Waals surface area contributed by atoms with Gasteiger partial charge in [-0.15, -0.1) is 15.3 Å². The normalized spacial score (nSPS) is 18.2. The van der Waals surface area contributed by atoms with E-state index in [1.807, 2.05) is 4.90 Å².